The quantitative estimate of drug-likeness (QED) is 0.563. The van der Waals surface area contributed by atoms with E-state index >= 15 is 0 Å². The lowest BCUT2D eigenvalue weighted by Gasteiger charge is -2.31. The first kappa shape index (κ1) is 10.7. The largest absolute Gasteiger partial charge is 0.393 e. The fourth-order valence-corrected chi connectivity index (χ4v) is 1.90. The Labute approximate surface area is 80.3 Å². The molecule has 0 aromatic heterocycles. The first-order chi connectivity index (χ1) is 5.91. The van der Waals surface area contributed by atoms with E-state index in [9.17, 15) is 10.2 Å². The molecule has 0 amide bonds. The second-order valence-corrected chi connectivity index (χ2v) is 5.01. The Hall–Kier alpha value is -0.340. The first-order valence-electron chi connectivity index (χ1n) is 4.94. The van der Waals surface area contributed by atoms with Gasteiger partial charge in [-0.05, 0) is 11.8 Å². The molecule has 0 aromatic rings. The zero-order valence-electron chi connectivity index (χ0n) is 8.70. The molecule has 0 heterocycles. The van der Waals surface area contributed by atoms with Crippen molar-refractivity contribution in [3.8, 4) is 0 Å². The van der Waals surface area contributed by atoms with E-state index in [4.69, 9.17) is 0 Å². The molecular formula is C11H20O2. The van der Waals surface area contributed by atoms with Crippen LogP contribution < -0.4 is 0 Å². The van der Waals surface area contributed by atoms with Crippen molar-refractivity contribution in [2.24, 2.45) is 11.3 Å². The molecule has 2 N–H and O–H groups in total. The van der Waals surface area contributed by atoms with Crippen molar-refractivity contribution in [3.05, 3.63) is 12.2 Å². The predicted molar refractivity (Wildman–Crippen MR) is 53.3 cm³/mol. The Balaban J connectivity index is 2.74. The number of aliphatic hydroxyl groups is 2. The SMILES string of the molecule is CC(C)(C)[C@H]1C=CC[C@H](O)C[C@H]1O. The molecule has 0 saturated heterocycles. The minimum atomic E-state index is -0.409. The molecule has 76 valence electrons. The lowest BCUT2D eigenvalue weighted by molar-refractivity contribution is 0.0299. The molecule has 1 rings (SSSR count). The molecule has 0 aromatic carbocycles. The maximum Gasteiger partial charge on any atom is 0.0632 e. The van der Waals surface area contributed by atoms with E-state index in [1.165, 1.54) is 0 Å². The highest BCUT2D eigenvalue weighted by Gasteiger charge is 2.31. The summed E-state index contributed by atoms with van der Waals surface area (Å²) in [5.74, 6) is 0.157. The van der Waals surface area contributed by atoms with E-state index in [2.05, 4.69) is 20.8 Å². The van der Waals surface area contributed by atoms with Gasteiger partial charge in [0.25, 0.3) is 0 Å². The van der Waals surface area contributed by atoms with Gasteiger partial charge in [0.15, 0.2) is 0 Å². The Kier molecular flexibility index (Phi) is 3.14. The van der Waals surface area contributed by atoms with Crippen molar-refractivity contribution in [1.29, 1.82) is 0 Å². The summed E-state index contributed by atoms with van der Waals surface area (Å²) >= 11 is 0. The minimum absolute atomic E-state index is 0.0694. The number of hydrogen-bond donors (Lipinski definition) is 2. The first-order valence-corrected chi connectivity index (χ1v) is 4.94. The molecule has 0 fully saturated rings. The average Bonchev–Trinajstić information content (AvgIpc) is 2.08. The standard InChI is InChI=1S/C11H20O2/c1-11(2,3)9-6-4-5-8(12)7-10(9)13/h4,6,8-10,12-13H,5,7H2,1-3H3/t8-,9-,10+/m0/s1. The summed E-state index contributed by atoms with van der Waals surface area (Å²) in [7, 11) is 0. The second-order valence-electron chi connectivity index (χ2n) is 5.01. The molecular weight excluding hydrogens is 164 g/mol. The van der Waals surface area contributed by atoms with Crippen LogP contribution in [-0.4, -0.2) is 22.4 Å². The Bertz CT molecular complexity index is 191. The Morgan fingerprint density at radius 1 is 1.23 bits per heavy atom. The molecule has 0 unspecified atom stereocenters. The van der Waals surface area contributed by atoms with E-state index in [1.807, 2.05) is 12.2 Å². The smallest absolute Gasteiger partial charge is 0.0632 e. The molecule has 0 spiro atoms. The molecule has 0 saturated carbocycles. The second kappa shape index (κ2) is 3.81. The van der Waals surface area contributed by atoms with Gasteiger partial charge >= 0.3 is 0 Å². The van der Waals surface area contributed by atoms with Crippen molar-refractivity contribution in [2.75, 3.05) is 0 Å². The van der Waals surface area contributed by atoms with E-state index in [-0.39, 0.29) is 17.4 Å². The maximum atomic E-state index is 9.84. The lowest BCUT2D eigenvalue weighted by Crippen LogP contribution is -2.31. The molecule has 2 heteroatoms. The lowest BCUT2D eigenvalue weighted by atomic mass is 9.76. The summed E-state index contributed by atoms with van der Waals surface area (Å²) in [6.07, 6.45) is 4.41. The molecule has 0 bridgehead atoms. The minimum Gasteiger partial charge on any atom is -0.393 e. The van der Waals surface area contributed by atoms with Crippen LogP contribution in [0.25, 0.3) is 0 Å². The topological polar surface area (TPSA) is 40.5 Å². The van der Waals surface area contributed by atoms with Gasteiger partial charge in [-0.1, -0.05) is 32.9 Å². The molecule has 0 radical (unpaired) electrons. The molecule has 0 aliphatic heterocycles. The van der Waals surface area contributed by atoms with E-state index in [0.717, 1.165) is 0 Å². The van der Waals surface area contributed by atoms with Gasteiger partial charge in [0.1, 0.15) is 0 Å². The van der Waals surface area contributed by atoms with Gasteiger partial charge in [-0.15, -0.1) is 0 Å². The normalized spacial score (nSPS) is 35.9. The van der Waals surface area contributed by atoms with Crippen LogP contribution in [0.2, 0.25) is 0 Å². The third-order valence-electron chi connectivity index (χ3n) is 2.68. The number of aliphatic hydroxyl groups excluding tert-OH is 2. The Morgan fingerprint density at radius 2 is 1.85 bits per heavy atom. The number of hydrogen-bond acceptors (Lipinski definition) is 2. The summed E-state index contributed by atoms with van der Waals surface area (Å²) < 4.78 is 0. The third kappa shape index (κ3) is 2.82. The van der Waals surface area contributed by atoms with Crippen molar-refractivity contribution in [3.63, 3.8) is 0 Å². The summed E-state index contributed by atoms with van der Waals surface area (Å²) in [4.78, 5) is 0. The van der Waals surface area contributed by atoms with Gasteiger partial charge in [-0.25, -0.2) is 0 Å². The van der Waals surface area contributed by atoms with Gasteiger partial charge in [0.2, 0.25) is 0 Å². The van der Waals surface area contributed by atoms with E-state index in [1.54, 1.807) is 0 Å². The van der Waals surface area contributed by atoms with Crippen molar-refractivity contribution < 1.29 is 10.2 Å². The van der Waals surface area contributed by atoms with Crippen LogP contribution in [-0.2, 0) is 0 Å². The van der Waals surface area contributed by atoms with Gasteiger partial charge in [-0.2, -0.15) is 0 Å². The van der Waals surface area contributed by atoms with Crippen LogP contribution in [0.4, 0.5) is 0 Å². The van der Waals surface area contributed by atoms with Crippen LogP contribution in [0.5, 0.6) is 0 Å². The summed E-state index contributed by atoms with van der Waals surface area (Å²) in [5, 5.41) is 19.3. The van der Waals surface area contributed by atoms with Crippen molar-refractivity contribution in [2.45, 2.75) is 45.8 Å². The van der Waals surface area contributed by atoms with E-state index in [0.29, 0.717) is 12.8 Å². The summed E-state index contributed by atoms with van der Waals surface area (Å²) in [6, 6.07) is 0. The number of rotatable bonds is 0. The fourth-order valence-electron chi connectivity index (χ4n) is 1.90. The third-order valence-corrected chi connectivity index (χ3v) is 2.68. The molecule has 1 aliphatic carbocycles. The molecule has 13 heavy (non-hydrogen) atoms. The van der Waals surface area contributed by atoms with Crippen LogP contribution >= 0.6 is 0 Å². The van der Waals surface area contributed by atoms with Gasteiger partial charge in [0.05, 0.1) is 12.2 Å². The molecule has 3 atom stereocenters. The van der Waals surface area contributed by atoms with Crippen LogP contribution in [0, 0.1) is 11.3 Å². The van der Waals surface area contributed by atoms with Crippen LogP contribution in [0.3, 0.4) is 0 Å². The highest BCUT2D eigenvalue weighted by atomic mass is 16.3. The van der Waals surface area contributed by atoms with Crippen LogP contribution in [0.1, 0.15) is 33.6 Å². The van der Waals surface area contributed by atoms with Gasteiger partial charge in [0, 0.05) is 12.3 Å². The van der Waals surface area contributed by atoms with Crippen molar-refractivity contribution in [1.82, 2.24) is 0 Å². The highest BCUT2D eigenvalue weighted by molar-refractivity contribution is 5.01. The Morgan fingerprint density at radius 3 is 2.38 bits per heavy atom. The fraction of sp³-hybridized carbons (Fsp3) is 0.818. The zero-order valence-corrected chi connectivity index (χ0v) is 8.70. The summed E-state index contributed by atoms with van der Waals surface area (Å²) in [5.41, 5.74) is 0.0694. The molecule has 1 aliphatic rings. The van der Waals surface area contributed by atoms with E-state index < -0.39 is 6.10 Å². The average molecular weight is 184 g/mol. The summed E-state index contributed by atoms with van der Waals surface area (Å²) in [6.45, 7) is 6.34. The van der Waals surface area contributed by atoms with Crippen molar-refractivity contribution >= 4 is 0 Å². The monoisotopic (exact) mass is 184 g/mol. The maximum absolute atomic E-state index is 9.84. The predicted octanol–water partition coefficient (Wildman–Crippen LogP) is 1.72. The molecule has 2 nitrogen and oxygen atoms in total. The van der Waals surface area contributed by atoms with Crippen LogP contribution in [0.15, 0.2) is 12.2 Å². The van der Waals surface area contributed by atoms with Gasteiger partial charge in [-0.3, -0.25) is 0 Å². The van der Waals surface area contributed by atoms with Gasteiger partial charge < -0.3 is 10.2 Å². The zero-order chi connectivity index (χ0) is 10.1. The highest BCUT2D eigenvalue weighted by Crippen LogP contribution is 2.33.